The third kappa shape index (κ3) is 5.71. The van der Waals surface area contributed by atoms with Crippen LogP contribution >= 0.6 is 11.8 Å². The lowest BCUT2D eigenvalue weighted by Crippen LogP contribution is -2.26. The Kier molecular flexibility index (Phi) is 7.07. The van der Waals surface area contributed by atoms with Crippen LogP contribution in [0.3, 0.4) is 0 Å². The van der Waals surface area contributed by atoms with E-state index in [0.717, 1.165) is 11.5 Å². The number of thioether (sulfide) groups is 1. The van der Waals surface area contributed by atoms with E-state index < -0.39 is 10.7 Å². The highest BCUT2D eigenvalue weighted by molar-refractivity contribution is 7.98. The number of hydrogen-bond acceptors (Lipinski definition) is 6. The molecule has 0 radical (unpaired) electrons. The first-order valence-corrected chi connectivity index (χ1v) is 10.4. The maximum atomic E-state index is 12.0. The molecule has 0 spiro atoms. The van der Waals surface area contributed by atoms with E-state index in [1.54, 1.807) is 11.8 Å². The molecule has 0 saturated heterocycles. The van der Waals surface area contributed by atoms with Crippen molar-refractivity contribution < 1.29 is 14.1 Å². The van der Waals surface area contributed by atoms with Gasteiger partial charge in [-0.3, -0.25) is 19.5 Å². The molecule has 3 rings (SSSR count). The van der Waals surface area contributed by atoms with Crippen molar-refractivity contribution in [3.63, 3.8) is 0 Å². The summed E-state index contributed by atoms with van der Waals surface area (Å²) in [6.45, 7) is 0.897. The van der Waals surface area contributed by atoms with Gasteiger partial charge in [-0.15, -0.1) is 0 Å². The van der Waals surface area contributed by atoms with Crippen molar-refractivity contribution in [2.24, 2.45) is 0 Å². The number of nitro groups is 1. The predicted molar refractivity (Wildman–Crippen MR) is 112 cm³/mol. The molecule has 9 heteroatoms. The van der Waals surface area contributed by atoms with Crippen LogP contribution in [0.1, 0.15) is 18.4 Å². The number of carbonyl (C=O) groups is 1. The molecule has 0 saturated carbocycles. The largest absolute Gasteiger partial charge is 0.419 e. The summed E-state index contributed by atoms with van der Waals surface area (Å²) in [5, 5.41) is 13.7. The van der Waals surface area contributed by atoms with Crippen LogP contribution in [0.2, 0.25) is 0 Å². The first-order valence-electron chi connectivity index (χ1n) is 9.21. The van der Waals surface area contributed by atoms with E-state index >= 15 is 0 Å². The molecule has 29 heavy (non-hydrogen) atoms. The standard InChI is InChI=1S/C20H21N3O5S/c24-19(21-10-12-29-14-15-5-2-1-3-6-15)7-4-11-22-17-9-8-16(23(26)27)13-18(17)28-20(22)25/h1-3,5-6,8-9,13H,4,7,10-12,14H2,(H,21,24). The van der Waals surface area contributed by atoms with Crippen LogP contribution < -0.4 is 11.1 Å². The van der Waals surface area contributed by atoms with Gasteiger partial charge in [0.25, 0.3) is 5.69 Å². The van der Waals surface area contributed by atoms with Crippen LogP contribution in [0.5, 0.6) is 0 Å². The number of hydrogen-bond donors (Lipinski definition) is 1. The molecule has 1 N–H and O–H groups in total. The van der Waals surface area contributed by atoms with Gasteiger partial charge in [-0.1, -0.05) is 30.3 Å². The number of aryl methyl sites for hydroxylation is 1. The van der Waals surface area contributed by atoms with E-state index in [1.165, 1.54) is 28.3 Å². The van der Waals surface area contributed by atoms with Gasteiger partial charge in [-0.05, 0) is 18.1 Å². The van der Waals surface area contributed by atoms with Crippen LogP contribution in [0, 0.1) is 10.1 Å². The molecule has 8 nitrogen and oxygen atoms in total. The summed E-state index contributed by atoms with van der Waals surface area (Å²) in [4.78, 5) is 34.2. The second kappa shape index (κ2) is 9.92. The van der Waals surface area contributed by atoms with Crippen LogP contribution in [0.4, 0.5) is 5.69 Å². The van der Waals surface area contributed by atoms with Gasteiger partial charge in [0.2, 0.25) is 5.91 Å². The Hall–Kier alpha value is -3.07. The molecule has 3 aromatic rings. The van der Waals surface area contributed by atoms with Gasteiger partial charge in [-0.25, -0.2) is 4.79 Å². The molecular weight excluding hydrogens is 394 g/mol. The average molecular weight is 415 g/mol. The Morgan fingerprint density at radius 2 is 2.00 bits per heavy atom. The number of benzene rings is 2. The number of rotatable bonds is 10. The summed E-state index contributed by atoms with van der Waals surface area (Å²) in [6.07, 6.45) is 0.754. The average Bonchev–Trinajstić information content (AvgIpc) is 3.03. The van der Waals surface area contributed by atoms with Crippen molar-refractivity contribution in [1.82, 2.24) is 9.88 Å². The number of amides is 1. The lowest BCUT2D eigenvalue weighted by atomic mass is 10.2. The molecule has 2 aromatic carbocycles. The Balaban J connectivity index is 1.40. The molecular formula is C20H21N3O5S. The number of non-ortho nitro benzene ring substituents is 1. The zero-order chi connectivity index (χ0) is 20.6. The highest BCUT2D eigenvalue weighted by atomic mass is 32.2. The Morgan fingerprint density at radius 3 is 2.76 bits per heavy atom. The molecule has 0 aliphatic heterocycles. The second-order valence-electron chi connectivity index (χ2n) is 6.42. The van der Waals surface area contributed by atoms with Crippen LogP contribution in [-0.4, -0.2) is 27.7 Å². The van der Waals surface area contributed by atoms with Gasteiger partial charge in [0.1, 0.15) is 0 Å². The second-order valence-corrected chi connectivity index (χ2v) is 7.53. The number of nitro benzene ring substituents is 1. The van der Waals surface area contributed by atoms with Gasteiger partial charge in [0.05, 0.1) is 16.5 Å². The van der Waals surface area contributed by atoms with E-state index in [0.29, 0.717) is 25.0 Å². The molecule has 0 fully saturated rings. The topological polar surface area (TPSA) is 107 Å². The highest BCUT2D eigenvalue weighted by Crippen LogP contribution is 2.20. The predicted octanol–water partition coefficient (Wildman–Crippen LogP) is 3.33. The first kappa shape index (κ1) is 20.7. The van der Waals surface area contributed by atoms with E-state index in [9.17, 15) is 19.7 Å². The van der Waals surface area contributed by atoms with Gasteiger partial charge >= 0.3 is 5.76 Å². The van der Waals surface area contributed by atoms with Crippen molar-refractivity contribution in [2.45, 2.75) is 25.1 Å². The lowest BCUT2D eigenvalue weighted by Gasteiger charge is -2.06. The third-order valence-electron chi connectivity index (χ3n) is 4.33. The molecule has 0 bridgehead atoms. The zero-order valence-electron chi connectivity index (χ0n) is 15.7. The van der Waals surface area contributed by atoms with Crippen LogP contribution in [-0.2, 0) is 17.1 Å². The van der Waals surface area contributed by atoms with E-state index in [2.05, 4.69) is 17.4 Å². The number of fused-ring (bicyclic) bond motifs is 1. The first-order chi connectivity index (χ1) is 14.0. The third-order valence-corrected chi connectivity index (χ3v) is 5.36. The Labute approximate surface area is 171 Å². The fourth-order valence-electron chi connectivity index (χ4n) is 2.89. The smallest absolute Gasteiger partial charge is 0.407 e. The molecule has 152 valence electrons. The highest BCUT2D eigenvalue weighted by Gasteiger charge is 2.14. The fourth-order valence-corrected chi connectivity index (χ4v) is 3.71. The lowest BCUT2D eigenvalue weighted by molar-refractivity contribution is -0.384. The molecule has 1 heterocycles. The van der Waals surface area contributed by atoms with Crippen LogP contribution in [0.25, 0.3) is 11.1 Å². The Bertz CT molecular complexity index is 1050. The maximum Gasteiger partial charge on any atom is 0.419 e. The van der Waals surface area contributed by atoms with Gasteiger partial charge in [0, 0.05) is 37.1 Å². The number of aromatic nitrogens is 1. The number of nitrogens with zero attached hydrogens (tertiary/aromatic N) is 2. The number of nitrogens with one attached hydrogen (secondary N) is 1. The van der Waals surface area contributed by atoms with E-state index in [-0.39, 0.29) is 23.6 Å². The number of oxazole rings is 1. The Morgan fingerprint density at radius 1 is 1.21 bits per heavy atom. The molecule has 1 amide bonds. The van der Waals surface area contributed by atoms with Crippen molar-refractivity contribution in [1.29, 1.82) is 0 Å². The minimum atomic E-state index is -0.585. The normalized spacial score (nSPS) is 10.9. The maximum absolute atomic E-state index is 12.0. The van der Waals surface area contributed by atoms with E-state index in [4.69, 9.17) is 4.42 Å². The molecule has 1 aromatic heterocycles. The number of carbonyl (C=O) groups excluding carboxylic acids is 1. The summed E-state index contributed by atoms with van der Waals surface area (Å²) in [5.74, 6) is 1.08. The van der Waals surface area contributed by atoms with Gasteiger partial charge < -0.3 is 9.73 Å². The minimum Gasteiger partial charge on any atom is -0.407 e. The molecule has 0 unspecified atom stereocenters. The van der Waals surface area contributed by atoms with E-state index in [1.807, 2.05) is 18.2 Å². The fraction of sp³-hybridized carbons (Fsp3) is 0.300. The summed E-state index contributed by atoms with van der Waals surface area (Å²) < 4.78 is 6.47. The monoisotopic (exact) mass is 415 g/mol. The van der Waals surface area contributed by atoms with Crippen molar-refractivity contribution in [3.05, 3.63) is 74.8 Å². The zero-order valence-corrected chi connectivity index (χ0v) is 16.5. The molecule has 0 aliphatic carbocycles. The van der Waals surface area contributed by atoms with Crippen molar-refractivity contribution >= 4 is 34.5 Å². The quantitative estimate of drug-likeness (QED) is 0.309. The SMILES string of the molecule is O=C(CCCn1c(=O)oc2cc([N+](=O)[O-])ccc21)NCCSCc1ccccc1. The van der Waals surface area contributed by atoms with Gasteiger partial charge in [0.15, 0.2) is 5.58 Å². The van der Waals surface area contributed by atoms with Crippen LogP contribution in [0.15, 0.2) is 57.7 Å². The molecule has 0 aliphatic rings. The summed E-state index contributed by atoms with van der Waals surface area (Å²) in [5.41, 5.74) is 1.78. The molecule has 0 atom stereocenters. The van der Waals surface area contributed by atoms with Crippen molar-refractivity contribution in [3.8, 4) is 0 Å². The van der Waals surface area contributed by atoms with Crippen molar-refractivity contribution in [2.75, 3.05) is 12.3 Å². The summed E-state index contributed by atoms with van der Waals surface area (Å²) in [6, 6.07) is 14.2. The minimum absolute atomic E-state index is 0.0678. The summed E-state index contributed by atoms with van der Waals surface area (Å²) in [7, 11) is 0. The van der Waals surface area contributed by atoms with Gasteiger partial charge in [-0.2, -0.15) is 11.8 Å². The summed E-state index contributed by atoms with van der Waals surface area (Å²) >= 11 is 1.76.